The third kappa shape index (κ3) is 3.49. The van der Waals surface area contributed by atoms with Crippen LogP contribution in [-0.4, -0.2) is 31.0 Å². The molecular weight excluding hydrogens is 372 g/mol. The Labute approximate surface area is 158 Å². The Morgan fingerprint density at radius 2 is 1.96 bits per heavy atom. The Hall–Kier alpha value is -3.33. The van der Waals surface area contributed by atoms with E-state index in [4.69, 9.17) is 11.6 Å². The SMILES string of the molecule is O=C(Nc1ccc(-c2nnnn2C2CC2)cc1)c1ccc([N+](=O)[O-])cc1Cl. The van der Waals surface area contributed by atoms with Crippen molar-refractivity contribution in [3.05, 3.63) is 63.2 Å². The molecule has 9 nitrogen and oxygen atoms in total. The van der Waals surface area contributed by atoms with Crippen LogP contribution in [0.15, 0.2) is 42.5 Å². The summed E-state index contributed by atoms with van der Waals surface area (Å²) < 4.78 is 1.81. The molecule has 1 aliphatic carbocycles. The number of benzene rings is 2. The fraction of sp³-hybridized carbons (Fsp3) is 0.176. The minimum atomic E-state index is -0.568. The van der Waals surface area contributed by atoms with E-state index in [9.17, 15) is 14.9 Å². The first-order valence-electron chi connectivity index (χ1n) is 8.16. The van der Waals surface area contributed by atoms with Gasteiger partial charge in [-0.25, -0.2) is 4.68 Å². The number of nitro groups is 1. The van der Waals surface area contributed by atoms with Gasteiger partial charge in [0, 0.05) is 23.4 Å². The number of nitrogens with one attached hydrogen (secondary N) is 1. The minimum Gasteiger partial charge on any atom is -0.322 e. The molecule has 0 radical (unpaired) electrons. The van der Waals surface area contributed by atoms with Gasteiger partial charge in [0.15, 0.2) is 5.82 Å². The second-order valence-electron chi connectivity index (χ2n) is 6.13. The predicted octanol–water partition coefficient (Wildman–Crippen LogP) is 3.49. The Balaban J connectivity index is 1.50. The van der Waals surface area contributed by atoms with E-state index < -0.39 is 10.8 Å². The molecule has 1 aliphatic rings. The Morgan fingerprint density at radius 3 is 2.59 bits per heavy atom. The maximum atomic E-state index is 12.4. The summed E-state index contributed by atoms with van der Waals surface area (Å²) in [5, 5.41) is 25.3. The van der Waals surface area contributed by atoms with E-state index in [0.29, 0.717) is 17.6 Å². The van der Waals surface area contributed by atoms with Crippen LogP contribution < -0.4 is 5.32 Å². The number of hydrogen-bond donors (Lipinski definition) is 1. The van der Waals surface area contributed by atoms with Crippen molar-refractivity contribution in [1.29, 1.82) is 0 Å². The van der Waals surface area contributed by atoms with Crippen LogP contribution in [0.4, 0.5) is 11.4 Å². The molecule has 1 saturated carbocycles. The topological polar surface area (TPSA) is 116 Å². The predicted molar refractivity (Wildman–Crippen MR) is 97.6 cm³/mol. The van der Waals surface area contributed by atoms with E-state index >= 15 is 0 Å². The maximum absolute atomic E-state index is 12.4. The zero-order valence-electron chi connectivity index (χ0n) is 13.9. The van der Waals surface area contributed by atoms with Gasteiger partial charge >= 0.3 is 0 Å². The first-order chi connectivity index (χ1) is 13.0. The first-order valence-corrected chi connectivity index (χ1v) is 8.54. The smallest absolute Gasteiger partial charge is 0.270 e. The number of anilines is 1. The van der Waals surface area contributed by atoms with Crippen molar-refractivity contribution in [2.45, 2.75) is 18.9 Å². The van der Waals surface area contributed by atoms with Gasteiger partial charge in [0.05, 0.1) is 21.6 Å². The van der Waals surface area contributed by atoms with Crippen LogP contribution in [0.25, 0.3) is 11.4 Å². The number of nitrogens with zero attached hydrogens (tertiary/aromatic N) is 5. The van der Waals surface area contributed by atoms with E-state index in [2.05, 4.69) is 20.8 Å². The Morgan fingerprint density at radius 1 is 1.22 bits per heavy atom. The zero-order valence-corrected chi connectivity index (χ0v) is 14.6. The summed E-state index contributed by atoms with van der Waals surface area (Å²) in [5.74, 6) is 0.235. The van der Waals surface area contributed by atoms with Gasteiger partial charge in [-0.1, -0.05) is 11.6 Å². The van der Waals surface area contributed by atoms with E-state index in [1.807, 2.05) is 16.8 Å². The molecule has 1 aromatic heterocycles. The lowest BCUT2D eigenvalue weighted by atomic mass is 10.1. The van der Waals surface area contributed by atoms with E-state index in [-0.39, 0.29) is 16.3 Å². The van der Waals surface area contributed by atoms with Gasteiger partial charge in [-0.3, -0.25) is 14.9 Å². The molecule has 1 amide bonds. The molecular formula is C17H13ClN6O3. The van der Waals surface area contributed by atoms with Crippen molar-refractivity contribution in [3.63, 3.8) is 0 Å². The number of nitro benzene ring substituents is 1. The fourth-order valence-electron chi connectivity index (χ4n) is 2.65. The Kier molecular flexibility index (Phi) is 4.28. The highest BCUT2D eigenvalue weighted by Gasteiger charge is 2.28. The standard InChI is InChI=1S/C17H13ClN6O3/c18-15-9-13(24(26)27)7-8-14(15)17(25)19-11-3-1-10(2-4-11)16-20-21-22-23(16)12-5-6-12/h1-4,7-9,12H,5-6H2,(H,19,25). The van der Waals surface area contributed by atoms with Crippen molar-refractivity contribution >= 4 is 28.9 Å². The molecule has 0 unspecified atom stereocenters. The molecule has 1 N–H and O–H groups in total. The first kappa shape index (κ1) is 17.1. The van der Waals surface area contributed by atoms with Crippen LogP contribution >= 0.6 is 11.6 Å². The molecule has 10 heteroatoms. The van der Waals surface area contributed by atoms with Crippen LogP contribution in [0, 0.1) is 10.1 Å². The summed E-state index contributed by atoms with van der Waals surface area (Å²) in [4.78, 5) is 22.6. The number of carbonyl (C=O) groups excluding carboxylic acids is 1. The highest BCUT2D eigenvalue weighted by Crippen LogP contribution is 2.36. The molecule has 136 valence electrons. The third-order valence-corrected chi connectivity index (χ3v) is 4.51. The molecule has 0 bridgehead atoms. The maximum Gasteiger partial charge on any atom is 0.270 e. The fourth-order valence-corrected chi connectivity index (χ4v) is 2.91. The van der Waals surface area contributed by atoms with E-state index in [1.54, 1.807) is 12.1 Å². The van der Waals surface area contributed by atoms with Crippen molar-refractivity contribution in [1.82, 2.24) is 20.2 Å². The molecule has 1 fully saturated rings. The number of non-ortho nitro benzene ring substituents is 1. The normalized spacial score (nSPS) is 13.4. The van der Waals surface area contributed by atoms with E-state index in [0.717, 1.165) is 24.5 Å². The Bertz CT molecular complexity index is 1030. The molecule has 0 spiro atoms. The number of tetrazole rings is 1. The molecule has 0 saturated heterocycles. The van der Waals surface area contributed by atoms with Crippen molar-refractivity contribution in [3.8, 4) is 11.4 Å². The molecule has 4 rings (SSSR count). The second-order valence-corrected chi connectivity index (χ2v) is 6.54. The van der Waals surface area contributed by atoms with Crippen molar-refractivity contribution in [2.24, 2.45) is 0 Å². The summed E-state index contributed by atoms with van der Waals surface area (Å²) in [7, 11) is 0. The highest BCUT2D eigenvalue weighted by atomic mass is 35.5. The quantitative estimate of drug-likeness (QED) is 0.531. The van der Waals surface area contributed by atoms with Gasteiger partial charge in [0.1, 0.15) is 0 Å². The lowest BCUT2D eigenvalue weighted by Crippen LogP contribution is -2.12. The number of carbonyl (C=O) groups is 1. The lowest BCUT2D eigenvalue weighted by Gasteiger charge is -2.08. The number of rotatable bonds is 5. The average molecular weight is 385 g/mol. The van der Waals surface area contributed by atoms with Gasteiger partial charge in [-0.2, -0.15) is 0 Å². The molecule has 2 aromatic carbocycles. The average Bonchev–Trinajstić information content (AvgIpc) is 3.39. The summed E-state index contributed by atoms with van der Waals surface area (Å²) in [6.45, 7) is 0. The third-order valence-electron chi connectivity index (χ3n) is 4.19. The second kappa shape index (κ2) is 6.76. The minimum absolute atomic E-state index is 0.0157. The molecule has 3 aromatic rings. The molecule has 0 atom stereocenters. The van der Waals surface area contributed by atoms with Crippen LogP contribution in [0.5, 0.6) is 0 Å². The van der Waals surface area contributed by atoms with E-state index in [1.165, 1.54) is 12.1 Å². The highest BCUT2D eigenvalue weighted by molar-refractivity contribution is 6.34. The van der Waals surface area contributed by atoms with Crippen molar-refractivity contribution in [2.75, 3.05) is 5.32 Å². The van der Waals surface area contributed by atoms with Crippen molar-refractivity contribution < 1.29 is 9.72 Å². The monoisotopic (exact) mass is 384 g/mol. The molecule has 0 aliphatic heterocycles. The van der Waals surface area contributed by atoms with Gasteiger partial charge in [-0.15, -0.1) is 5.10 Å². The van der Waals surface area contributed by atoms with Gasteiger partial charge < -0.3 is 5.32 Å². The summed E-state index contributed by atoms with van der Waals surface area (Å²) >= 11 is 5.99. The molecule has 1 heterocycles. The molecule has 27 heavy (non-hydrogen) atoms. The van der Waals surface area contributed by atoms with Crippen LogP contribution in [0.1, 0.15) is 29.2 Å². The van der Waals surface area contributed by atoms with Gasteiger partial charge in [-0.05, 0) is 53.6 Å². The number of hydrogen-bond acceptors (Lipinski definition) is 6. The number of halogens is 1. The number of amides is 1. The summed E-state index contributed by atoms with van der Waals surface area (Å²) in [6, 6.07) is 11.2. The summed E-state index contributed by atoms with van der Waals surface area (Å²) in [6.07, 6.45) is 2.14. The van der Waals surface area contributed by atoms with Crippen LogP contribution in [-0.2, 0) is 0 Å². The van der Waals surface area contributed by atoms with Gasteiger partial charge in [0.2, 0.25) is 0 Å². The van der Waals surface area contributed by atoms with Crippen LogP contribution in [0.3, 0.4) is 0 Å². The lowest BCUT2D eigenvalue weighted by molar-refractivity contribution is -0.384. The largest absolute Gasteiger partial charge is 0.322 e. The summed E-state index contributed by atoms with van der Waals surface area (Å²) in [5.41, 5.74) is 1.39. The number of aromatic nitrogens is 4. The van der Waals surface area contributed by atoms with Crippen LogP contribution in [0.2, 0.25) is 5.02 Å². The van der Waals surface area contributed by atoms with Gasteiger partial charge in [0.25, 0.3) is 11.6 Å². The zero-order chi connectivity index (χ0) is 19.0.